The second-order valence-corrected chi connectivity index (χ2v) is 3.55. The van der Waals surface area contributed by atoms with Crippen LogP contribution < -0.4 is 11.1 Å². The zero-order chi connectivity index (χ0) is 11.3. The molecule has 1 heterocycles. The summed E-state index contributed by atoms with van der Waals surface area (Å²) in [7, 11) is 0. The zero-order valence-electron chi connectivity index (χ0n) is 9.16. The number of carbonyl (C=O) groups excluding carboxylic acids is 1. The van der Waals surface area contributed by atoms with Gasteiger partial charge in [-0.2, -0.15) is 0 Å². The average molecular weight is 207 g/mol. The van der Waals surface area contributed by atoms with Crippen molar-refractivity contribution in [2.45, 2.75) is 20.3 Å². The Hall–Kier alpha value is -1.42. The summed E-state index contributed by atoms with van der Waals surface area (Å²) >= 11 is 0. The van der Waals surface area contributed by atoms with E-state index in [4.69, 9.17) is 5.73 Å². The number of amides is 1. The summed E-state index contributed by atoms with van der Waals surface area (Å²) in [5.74, 6) is 0.400. The molecule has 0 saturated carbocycles. The molecule has 1 atom stereocenters. The van der Waals surface area contributed by atoms with Crippen molar-refractivity contribution >= 4 is 11.7 Å². The van der Waals surface area contributed by atoms with Crippen LogP contribution in [0, 0.1) is 12.8 Å². The molecule has 0 aliphatic rings. The van der Waals surface area contributed by atoms with Gasteiger partial charge in [-0.05, 0) is 31.0 Å². The minimum absolute atomic E-state index is 0.0573. The molecule has 1 aromatic rings. The summed E-state index contributed by atoms with van der Waals surface area (Å²) in [6, 6.07) is 3.72. The maximum absolute atomic E-state index is 11.7. The summed E-state index contributed by atoms with van der Waals surface area (Å²) < 4.78 is 0. The van der Waals surface area contributed by atoms with Crippen LogP contribution >= 0.6 is 0 Å². The first-order chi connectivity index (χ1) is 7.17. The Balaban J connectivity index is 2.65. The summed E-state index contributed by atoms with van der Waals surface area (Å²) in [4.78, 5) is 15.7. The van der Waals surface area contributed by atoms with E-state index in [2.05, 4.69) is 10.3 Å². The van der Waals surface area contributed by atoms with E-state index in [0.29, 0.717) is 12.4 Å². The van der Waals surface area contributed by atoms with Gasteiger partial charge in [0.15, 0.2) is 0 Å². The molecule has 4 nitrogen and oxygen atoms in total. The molecule has 0 fully saturated rings. The van der Waals surface area contributed by atoms with E-state index in [1.807, 2.05) is 26.0 Å². The van der Waals surface area contributed by atoms with Crippen molar-refractivity contribution in [3.8, 4) is 0 Å². The molecule has 0 radical (unpaired) electrons. The highest BCUT2D eigenvalue weighted by molar-refractivity contribution is 5.91. The lowest BCUT2D eigenvalue weighted by Crippen LogP contribution is -2.28. The SMILES string of the molecule is CCC(CN)C(=O)Nc1cc(C)ccn1. The van der Waals surface area contributed by atoms with Gasteiger partial charge in [0.1, 0.15) is 5.82 Å². The monoisotopic (exact) mass is 207 g/mol. The molecule has 0 aromatic carbocycles. The van der Waals surface area contributed by atoms with Crippen molar-refractivity contribution in [3.05, 3.63) is 23.9 Å². The van der Waals surface area contributed by atoms with Crippen LogP contribution in [0.5, 0.6) is 0 Å². The number of anilines is 1. The number of nitrogens with two attached hydrogens (primary N) is 1. The average Bonchev–Trinajstić information content (AvgIpc) is 2.19. The molecule has 4 heteroatoms. The van der Waals surface area contributed by atoms with Crippen molar-refractivity contribution in [1.29, 1.82) is 0 Å². The first-order valence-corrected chi connectivity index (χ1v) is 5.11. The normalized spacial score (nSPS) is 12.2. The number of rotatable bonds is 4. The van der Waals surface area contributed by atoms with Crippen LogP contribution in [0.2, 0.25) is 0 Å². The molecule has 0 aliphatic carbocycles. The maximum atomic E-state index is 11.7. The zero-order valence-corrected chi connectivity index (χ0v) is 9.16. The van der Waals surface area contributed by atoms with E-state index in [1.165, 1.54) is 0 Å². The molecule has 1 aromatic heterocycles. The topological polar surface area (TPSA) is 68.0 Å². The van der Waals surface area contributed by atoms with Gasteiger partial charge in [0.05, 0.1) is 5.92 Å². The lowest BCUT2D eigenvalue weighted by atomic mass is 10.1. The highest BCUT2D eigenvalue weighted by Crippen LogP contribution is 2.08. The third-order valence-corrected chi connectivity index (χ3v) is 2.31. The fraction of sp³-hybridized carbons (Fsp3) is 0.455. The Bertz CT molecular complexity index is 334. The van der Waals surface area contributed by atoms with Crippen LogP contribution in [0.25, 0.3) is 0 Å². The van der Waals surface area contributed by atoms with Crippen molar-refractivity contribution < 1.29 is 4.79 Å². The first kappa shape index (κ1) is 11.7. The minimum atomic E-state index is -0.132. The molecule has 1 rings (SSSR count). The lowest BCUT2D eigenvalue weighted by molar-refractivity contribution is -0.119. The minimum Gasteiger partial charge on any atom is -0.330 e. The van der Waals surface area contributed by atoms with Gasteiger partial charge in [0.2, 0.25) is 5.91 Å². The second kappa shape index (κ2) is 5.46. The van der Waals surface area contributed by atoms with Gasteiger partial charge in [0, 0.05) is 12.7 Å². The number of carbonyl (C=O) groups is 1. The van der Waals surface area contributed by atoms with Gasteiger partial charge >= 0.3 is 0 Å². The number of aromatic nitrogens is 1. The molecule has 0 aliphatic heterocycles. The van der Waals surface area contributed by atoms with E-state index in [-0.39, 0.29) is 11.8 Å². The third kappa shape index (κ3) is 3.32. The van der Waals surface area contributed by atoms with Crippen molar-refractivity contribution in [3.63, 3.8) is 0 Å². The van der Waals surface area contributed by atoms with Crippen molar-refractivity contribution in [2.24, 2.45) is 11.7 Å². The largest absolute Gasteiger partial charge is 0.330 e. The van der Waals surface area contributed by atoms with Crippen LogP contribution in [-0.2, 0) is 4.79 Å². The lowest BCUT2D eigenvalue weighted by Gasteiger charge is -2.12. The Morgan fingerprint density at radius 1 is 1.67 bits per heavy atom. The number of aryl methyl sites for hydroxylation is 1. The van der Waals surface area contributed by atoms with Gasteiger partial charge in [-0.3, -0.25) is 4.79 Å². The summed E-state index contributed by atoms with van der Waals surface area (Å²) in [6.45, 7) is 4.27. The quantitative estimate of drug-likeness (QED) is 0.782. The number of hydrogen-bond donors (Lipinski definition) is 2. The highest BCUT2D eigenvalue weighted by Gasteiger charge is 2.14. The van der Waals surface area contributed by atoms with Crippen LogP contribution in [0.3, 0.4) is 0 Å². The maximum Gasteiger partial charge on any atom is 0.229 e. The van der Waals surface area contributed by atoms with Crippen LogP contribution in [-0.4, -0.2) is 17.4 Å². The molecular formula is C11H17N3O. The van der Waals surface area contributed by atoms with E-state index in [1.54, 1.807) is 6.20 Å². The number of hydrogen-bond acceptors (Lipinski definition) is 3. The standard InChI is InChI=1S/C11H17N3O/c1-3-9(7-12)11(15)14-10-6-8(2)4-5-13-10/h4-6,9H,3,7,12H2,1-2H3,(H,13,14,15). The molecule has 0 saturated heterocycles. The molecule has 82 valence electrons. The predicted octanol–water partition coefficient (Wildman–Crippen LogP) is 1.31. The van der Waals surface area contributed by atoms with Gasteiger partial charge in [0.25, 0.3) is 0 Å². The van der Waals surface area contributed by atoms with Crippen molar-refractivity contribution in [1.82, 2.24) is 4.98 Å². The molecule has 0 bridgehead atoms. The molecule has 3 N–H and O–H groups in total. The van der Waals surface area contributed by atoms with Gasteiger partial charge < -0.3 is 11.1 Å². The first-order valence-electron chi connectivity index (χ1n) is 5.11. The summed E-state index contributed by atoms with van der Waals surface area (Å²) in [5.41, 5.74) is 6.56. The molecule has 15 heavy (non-hydrogen) atoms. The third-order valence-electron chi connectivity index (χ3n) is 2.31. The molecular weight excluding hydrogens is 190 g/mol. The summed E-state index contributed by atoms with van der Waals surface area (Å²) in [6.07, 6.45) is 2.42. The second-order valence-electron chi connectivity index (χ2n) is 3.55. The molecule has 1 unspecified atom stereocenters. The smallest absolute Gasteiger partial charge is 0.229 e. The summed E-state index contributed by atoms with van der Waals surface area (Å²) in [5, 5.41) is 2.75. The molecule has 1 amide bonds. The van der Waals surface area contributed by atoms with E-state index in [0.717, 1.165) is 12.0 Å². The molecule has 0 spiro atoms. The van der Waals surface area contributed by atoms with E-state index < -0.39 is 0 Å². The number of nitrogens with zero attached hydrogens (tertiary/aromatic N) is 1. The number of nitrogens with one attached hydrogen (secondary N) is 1. The fourth-order valence-electron chi connectivity index (χ4n) is 1.29. The Kier molecular flexibility index (Phi) is 4.24. The highest BCUT2D eigenvalue weighted by atomic mass is 16.1. The van der Waals surface area contributed by atoms with Crippen LogP contribution in [0.4, 0.5) is 5.82 Å². The predicted molar refractivity (Wildman–Crippen MR) is 60.4 cm³/mol. The Morgan fingerprint density at radius 2 is 2.40 bits per heavy atom. The Labute approximate surface area is 89.9 Å². The van der Waals surface area contributed by atoms with Crippen LogP contribution in [0.1, 0.15) is 18.9 Å². The van der Waals surface area contributed by atoms with E-state index in [9.17, 15) is 4.79 Å². The fourth-order valence-corrected chi connectivity index (χ4v) is 1.29. The van der Waals surface area contributed by atoms with Gasteiger partial charge in [-0.25, -0.2) is 4.98 Å². The van der Waals surface area contributed by atoms with E-state index >= 15 is 0 Å². The Morgan fingerprint density at radius 3 is 2.93 bits per heavy atom. The van der Waals surface area contributed by atoms with Crippen molar-refractivity contribution in [2.75, 3.05) is 11.9 Å². The number of pyridine rings is 1. The van der Waals surface area contributed by atoms with Crippen LogP contribution in [0.15, 0.2) is 18.3 Å². The van der Waals surface area contributed by atoms with Gasteiger partial charge in [-0.15, -0.1) is 0 Å². The van der Waals surface area contributed by atoms with Gasteiger partial charge in [-0.1, -0.05) is 6.92 Å².